The van der Waals surface area contributed by atoms with E-state index in [1.807, 2.05) is 7.11 Å². The fourth-order valence-corrected chi connectivity index (χ4v) is 10.6. The Bertz CT molecular complexity index is 695. The number of aliphatic hydroxyl groups is 1. The molecule has 5 fully saturated rings. The predicted molar refractivity (Wildman–Crippen MR) is 128 cm³/mol. The summed E-state index contributed by atoms with van der Waals surface area (Å²) in [5.74, 6) is 4.70. The molecule has 5 saturated carbocycles. The fourth-order valence-electron chi connectivity index (χ4n) is 10.6. The smallest absolute Gasteiger partial charge is 0.0638 e. The molecule has 0 aromatic rings. The van der Waals surface area contributed by atoms with Gasteiger partial charge in [0, 0.05) is 12.5 Å². The maximum Gasteiger partial charge on any atom is 0.0638 e. The molecule has 11 atom stereocenters. The van der Waals surface area contributed by atoms with Gasteiger partial charge >= 0.3 is 0 Å². The van der Waals surface area contributed by atoms with Crippen LogP contribution in [0.4, 0.5) is 0 Å². The summed E-state index contributed by atoms with van der Waals surface area (Å²) in [4.78, 5) is 0. The molecule has 0 saturated heterocycles. The van der Waals surface area contributed by atoms with Crippen molar-refractivity contribution in [1.82, 2.24) is 0 Å². The Kier molecular flexibility index (Phi) is 5.28. The third-order valence-corrected chi connectivity index (χ3v) is 12.3. The summed E-state index contributed by atoms with van der Waals surface area (Å²) in [6.45, 7) is 14.6. The van der Waals surface area contributed by atoms with Gasteiger partial charge in [0.05, 0.1) is 12.2 Å². The van der Waals surface area contributed by atoms with Crippen LogP contribution in [0.25, 0.3) is 0 Å². The van der Waals surface area contributed by atoms with Crippen LogP contribution in [0, 0.1) is 57.2 Å². The van der Waals surface area contributed by atoms with Crippen LogP contribution in [-0.4, -0.2) is 24.4 Å². The lowest BCUT2D eigenvalue weighted by atomic mass is 9.45. The summed E-state index contributed by atoms with van der Waals surface area (Å²) >= 11 is 0. The lowest BCUT2D eigenvalue weighted by molar-refractivity contribution is -0.162. The van der Waals surface area contributed by atoms with Crippen LogP contribution in [0.1, 0.15) is 106 Å². The number of rotatable bonds is 5. The summed E-state index contributed by atoms with van der Waals surface area (Å²) in [6.07, 6.45) is 13.7. The van der Waals surface area contributed by atoms with E-state index in [0.29, 0.717) is 39.6 Å². The topological polar surface area (TPSA) is 29.5 Å². The lowest BCUT2D eigenvalue weighted by Crippen LogP contribution is -2.57. The Morgan fingerprint density at radius 2 is 1.77 bits per heavy atom. The van der Waals surface area contributed by atoms with Gasteiger partial charge in [-0.1, -0.05) is 41.5 Å². The molecule has 0 aromatic carbocycles. The van der Waals surface area contributed by atoms with Crippen LogP contribution in [0.3, 0.4) is 0 Å². The Balaban J connectivity index is 1.35. The van der Waals surface area contributed by atoms with Crippen molar-refractivity contribution in [2.45, 2.75) is 118 Å². The number of methoxy groups -OCH3 is 1. The SMILES string of the molecule is CO[C@@H]1C[C@H]2[C@@H]3CC[C@H]([C@H](C)C(O)CCC(C)(C)C)[C@@]3(C)CC[C@@H]2[C@@]2(C)CCC3CC312. The molecule has 0 aliphatic heterocycles. The van der Waals surface area contributed by atoms with E-state index in [1.54, 1.807) is 0 Å². The van der Waals surface area contributed by atoms with Gasteiger partial charge in [0.15, 0.2) is 0 Å². The van der Waals surface area contributed by atoms with Gasteiger partial charge in [0.1, 0.15) is 0 Å². The summed E-state index contributed by atoms with van der Waals surface area (Å²) in [5, 5.41) is 11.1. The Hall–Kier alpha value is -0.0800. The molecule has 0 aromatic heterocycles. The molecule has 5 rings (SSSR count). The third kappa shape index (κ3) is 3.09. The van der Waals surface area contributed by atoms with Crippen LogP contribution >= 0.6 is 0 Å². The normalized spacial score (nSPS) is 52.6. The average Bonchev–Trinajstić information content (AvgIpc) is 3.22. The van der Waals surface area contributed by atoms with Gasteiger partial charge < -0.3 is 9.84 Å². The highest BCUT2D eigenvalue weighted by Crippen LogP contribution is 2.82. The Morgan fingerprint density at radius 1 is 1.03 bits per heavy atom. The number of fused-ring (bicyclic) bond motifs is 4. The van der Waals surface area contributed by atoms with Crippen molar-refractivity contribution in [2.24, 2.45) is 57.2 Å². The third-order valence-electron chi connectivity index (χ3n) is 12.3. The van der Waals surface area contributed by atoms with Crippen LogP contribution in [0.5, 0.6) is 0 Å². The summed E-state index contributed by atoms with van der Waals surface area (Å²) in [5.41, 5.74) is 1.79. The molecule has 5 aliphatic rings. The van der Waals surface area contributed by atoms with Crippen molar-refractivity contribution in [3.63, 3.8) is 0 Å². The molecule has 178 valence electrons. The van der Waals surface area contributed by atoms with E-state index in [9.17, 15) is 5.11 Å². The van der Waals surface area contributed by atoms with Gasteiger partial charge in [0.25, 0.3) is 0 Å². The van der Waals surface area contributed by atoms with Gasteiger partial charge in [-0.15, -0.1) is 0 Å². The fraction of sp³-hybridized carbons (Fsp3) is 1.00. The van der Waals surface area contributed by atoms with Gasteiger partial charge in [-0.2, -0.15) is 0 Å². The van der Waals surface area contributed by atoms with Crippen molar-refractivity contribution in [2.75, 3.05) is 7.11 Å². The van der Waals surface area contributed by atoms with Crippen molar-refractivity contribution >= 4 is 0 Å². The first-order valence-electron chi connectivity index (χ1n) is 13.7. The molecular formula is C29H50O2. The second-order valence-electron chi connectivity index (χ2n) is 14.5. The zero-order valence-electron chi connectivity index (χ0n) is 21.5. The molecule has 1 spiro atoms. The molecule has 2 nitrogen and oxygen atoms in total. The molecule has 0 amide bonds. The minimum absolute atomic E-state index is 0.140. The van der Waals surface area contributed by atoms with Crippen molar-refractivity contribution in [1.29, 1.82) is 0 Å². The first kappa shape index (κ1) is 22.7. The molecule has 0 bridgehead atoms. The number of hydrogen-bond donors (Lipinski definition) is 1. The van der Waals surface area contributed by atoms with Crippen LogP contribution in [-0.2, 0) is 4.74 Å². The monoisotopic (exact) mass is 430 g/mol. The highest BCUT2D eigenvalue weighted by molar-refractivity contribution is 5.26. The van der Waals surface area contributed by atoms with Crippen molar-refractivity contribution in [3.05, 3.63) is 0 Å². The second kappa shape index (κ2) is 7.21. The van der Waals surface area contributed by atoms with E-state index < -0.39 is 0 Å². The van der Waals surface area contributed by atoms with E-state index in [2.05, 4.69) is 41.5 Å². The standard InChI is InChI=1S/C29H50O2/c1-18(24(30)12-13-26(2,3)4)21-8-9-22-20-16-25(31-7)29-17-19(29)10-15-28(29,6)23(20)11-14-27(21,22)5/h18-25,30H,8-17H2,1-7H3/t18-,19?,20-,21+,22-,23-,24?,25+,27+,28+,29?/m0/s1. The van der Waals surface area contributed by atoms with Crippen LogP contribution in [0.15, 0.2) is 0 Å². The first-order chi connectivity index (χ1) is 14.5. The van der Waals surface area contributed by atoms with Crippen molar-refractivity contribution in [3.8, 4) is 0 Å². The minimum Gasteiger partial charge on any atom is -0.393 e. The number of hydrogen-bond acceptors (Lipinski definition) is 2. The maximum atomic E-state index is 11.1. The first-order valence-corrected chi connectivity index (χ1v) is 13.7. The molecule has 0 radical (unpaired) electrons. The quantitative estimate of drug-likeness (QED) is 0.504. The maximum absolute atomic E-state index is 11.1. The number of aliphatic hydroxyl groups excluding tert-OH is 1. The lowest BCUT2D eigenvalue weighted by Gasteiger charge is -2.61. The number of ether oxygens (including phenoxy) is 1. The zero-order valence-corrected chi connectivity index (χ0v) is 21.5. The van der Waals surface area contributed by atoms with E-state index >= 15 is 0 Å². The highest BCUT2D eigenvalue weighted by atomic mass is 16.5. The van der Waals surface area contributed by atoms with Crippen molar-refractivity contribution < 1.29 is 9.84 Å². The van der Waals surface area contributed by atoms with Crippen LogP contribution in [0.2, 0.25) is 0 Å². The molecule has 3 unspecified atom stereocenters. The molecule has 2 heteroatoms. The average molecular weight is 431 g/mol. The van der Waals surface area contributed by atoms with E-state index in [0.717, 1.165) is 36.5 Å². The molecule has 0 heterocycles. The van der Waals surface area contributed by atoms with Gasteiger partial charge in [-0.25, -0.2) is 0 Å². The van der Waals surface area contributed by atoms with E-state index in [1.165, 1.54) is 51.4 Å². The predicted octanol–water partition coefficient (Wildman–Crippen LogP) is 7.09. The molecular weight excluding hydrogens is 380 g/mol. The van der Waals surface area contributed by atoms with E-state index in [4.69, 9.17) is 4.74 Å². The highest BCUT2D eigenvalue weighted by Gasteiger charge is 2.77. The Morgan fingerprint density at radius 3 is 2.42 bits per heavy atom. The molecule has 5 aliphatic carbocycles. The summed E-state index contributed by atoms with van der Waals surface area (Å²) in [6, 6.07) is 0. The van der Waals surface area contributed by atoms with Gasteiger partial charge in [-0.05, 0) is 116 Å². The van der Waals surface area contributed by atoms with Gasteiger partial charge in [0.2, 0.25) is 0 Å². The van der Waals surface area contributed by atoms with E-state index in [-0.39, 0.29) is 6.10 Å². The second-order valence-corrected chi connectivity index (χ2v) is 14.5. The minimum atomic E-state index is -0.140. The summed E-state index contributed by atoms with van der Waals surface area (Å²) in [7, 11) is 2.00. The molecule has 1 N–H and O–H groups in total. The van der Waals surface area contributed by atoms with Gasteiger partial charge in [-0.3, -0.25) is 0 Å². The zero-order chi connectivity index (χ0) is 22.4. The molecule has 31 heavy (non-hydrogen) atoms. The summed E-state index contributed by atoms with van der Waals surface area (Å²) < 4.78 is 6.28. The Labute approximate surface area is 192 Å². The largest absolute Gasteiger partial charge is 0.393 e. The van der Waals surface area contributed by atoms with Crippen LogP contribution < -0.4 is 0 Å².